The van der Waals surface area contributed by atoms with E-state index in [0.717, 1.165) is 0 Å². The number of carbonyl (C=O) groups is 1. The minimum atomic E-state index is -0.505. The maximum absolute atomic E-state index is 11.5. The van der Waals surface area contributed by atoms with Crippen LogP contribution in [0.3, 0.4) is 0 Å². The van der Waals surface area contributed by atoms with Gasteiger partial charge in [0.15, 0.2) is 5.84 Å². The van der Waals surface area contributed by atoms with Crippen LogP contribution in [0.25, 0.3) is 0 Å². The molecule has 6 heteroatoms. The molecule has 0 fully saturated rings. The number of nitrogens with zero attached hydrogens (tertiary/aromatic N) is 3. The summed E-state index contributed by atoms with van der Waals surface area (Å²) in [6.45, 7) is 5.37. The Labute approximate surface area is 94.0 Å². The highest BCUT2D eigenvalue weighted by atomic mass is 16.2. The summed E-state index contributed by atoms with van der Waals surface area (Å²) >= 11 is 0. The number of nitrogens with one attached hydrogen (secondary N) is 1. The number of amides is 1. The maximum Gasteiger partial charge on any atom is 0.245 e. The zero-order valence-corrected chi connectivity index (χ0v) is 9.56. The van der Waals surface area contributed by atoms with Gasteiger partial charge in [-0.25, -0.2) is 15.4 Å². The molecule has 86 valence electrons. The number of amidine groups is 1. The minimum absolute atomic E-state index is 0.153. The largest absolute Gasteiger partial charge is 0.380 e. The Kier molecular flexibility index (Phi) is 3.55. The van der Waals surface area contributed by atoms with Crippen LogP contribution < -0.4 is 11.2 Å². The molecule has 1 heterocycles. The Hall–Kier alpha value is -1.98. The van der Waals surface area contributed by atoms with Gasteiger partial charge < -0.3 is 5.73 Å². The fraction of sp³-hybridized carbons (Fsp3) is 0.400. The molecule has 0 radical (unpaired) electrons. The van der Waals surface area contributed by atoms with Crippen molar-refractivity contribution in [3.8, 4) is 0 Å². The summed E-state index contributed by atoms with van der Waals surface area (Å²) in [5.74, 6) is -0.0514. The lowest BCUT2D eigenvalue weighted by Gasteiger charge is -2.15. The lowest BCUT2D eigenvalue weighted by Crippen LogP contribution is -2.33. The van der Waals surface area contributed by atoms with Crippen molar-refractivity contribution in [1.82, 2.24) is 15.4 Å². The van der Waals surface area contributed by atoms with Crippen molar-refractivity contribution in [2.24, 2.45) is 16.3 Å². The lowest BCUT2D eigenvalue weighted by atomic mass is 9.96. The molecular formula is C10H15N5O. The van der Waals surface area contributed by atoms with Crippen LogP contribution in [0.1, 0.15) is 26.5 Å². The van der Waals surface area contributed by atoms with Crippen LogP contribution in [0.2, 0.25) is 0 Å². The second-order valence-corrected chi connectivity index (χ2v) is 4.28. The second kappa shape index (κ2) is 4.69. The van der Waals surface area contributed by atoms with E-state index >= 15 is 0 Å². The highest BCUT2D eigenvalue weighted by Crippen LogP contribution is 2.12. The summed E-state index contributed by atoms with van der Waals surface area (Å²) in [6.07, 6.45) is 2.92. The molecule has 0 aliphatic carbocycles. The van der Waals surface area contributed by atoms with Gasteiger partial charge in [-0.15, -0.1) is 0 Å². The first-order chi connectivity index (χ1) is 7.41. The van der Waals surface area contributed by atoms with Crippen LogP contribution in [-0.2, 0) is 4.79 Å². The SMILES string of the molecule is CC(C)(C)C(=O)NN=C(N)c1ccncn1. The van der Waals surface area contributed by atoms with Gasteiger partial charge in [-0.05, 0) is 6.07 Å². The van der Waals surface area contributed by atoms with Crippen LogP contribution in [-0.4, -0.2) is 21.7 Å². The standard InChI is InChI=1S/C10H15N5O/c1-10(2,3)9(16)15-14-8(11)7-4-5-12-6-13-7/h4-6H,1-3H3,(H2,11,14)(H,15,16). The molecule has 0 saturated heterocycles. The van der Waals surface area contributed by atoms with Crippen molar-refractivity contribution in [3.05, 3.63) is 24.3 Å². The average Bonchev–Trinajstić information content (AvgIpc) is 2.25. The Balaban J connectivity index is 2.70. The van der Waals surface area contributed by atoms with Crippen molar-refractivity contribution in [2.45, 2.75) is 20.8 Å². The van der Waals surface area contributed by atoms with Gasteiger partial charge in [-0.1, -0.05) is 20.8 Å². The van der Waals surface area contributed by atoms with E-state index in [-0.39, 0.29) is 11.7 Å². The Bertz CT molecular complexity index is 393. The van der Waals surface area contributed by atoms with E-state index in [4.69, 9.17) is 5.73 Å². The van der Waals surface area contributed by atoms with E-state index < -0.39 is 5.41 Å². The molecule has 1 rings (SSSR count). The summed E-state index contributed by atoms with van der Waals surface area (Å²) in [5, 5.41) is 3.77. The van der Waals surface area contributed by atoms with E-state index in [2.05, 4.69) is 20.5 Å². The first kappa shape index (κ1) is 12.1. The van der Waals surface area contributed by atoms with E-state index in [9.17, 15) is 4.79 Å². The zero-order valence-electron chi connectivity index (χ0n) is 9.56. The van der Waals surface area contributed by atoms with Crippen molar-refractivity contribution < 1.29 is 4.79 Å². The van der Waals surface area contributed by atoms with Crippen LogP contribution in [0, 0.1) is 5.41 Å². The summed E-state index contributed by atoms with van der Waals surface area (Å²) < 4.78 is 0. The number of carbonyl (C=O) groups excluding carboxylic acids is 1. The molecule has 6 nitrogen and oxygen atoms in total. The molecule has 1 aromatic heterocycles. The fourth-order valence-electron chi connectivity index (χ4n) is 0.778. The number of aromatic nitrogens is 2. The third-order valence-electron chi connectivity index (χ3n) is 1.80. The zero-order chi connectivity index (χ0) is 12.2. The molecular weight excluding hydrogens is 206 g/mol. The first-order valence-corrected chi connectivity index (χ1v) is 4.81. The molecule has 0 aliphatic heterocycles. The molecule has 0 saturated carbocycles. The predicted octanol–water partition coefficient (Wildman–Crippen LogP) is 0.259. The van der Waals surface area contributed by atoms with Gasteiger partial charge in [0.1, 0.15) is 12.0 Å². The minimum Gasteiger partial charge on any atom is -0.380 e. The van der Waals surface area contributed by atoms with Crippen molar-refractivity contribution in [2.75, 3.05) is 0 Å². The lowest BCUT2D eigenvalue weighted by molar-refractivity contribution is -0.128. The smallest absolute Gasteiger partial charge is 0.245 e. The Morgan fingerprint density at radius 3 is 2.69 bits per heavy atom. The number of hydrogen-bond donors (Lipinski definition) is 2. The highest BCUT2D eigenvalue weighted by Gasteiger charge is 2.20. The maximum atomic E-state index is 11.5. The molecule has 0 aromatic carbocycles. The fourth-order valence-corrected chi connectivity index (χ4v) is 0.778. The first-order valence-electron chi connectivity index (χ1n) is 4.81. The molecule has 0 atom stereocenters. The molecule has 0 aliphatic rings. The van der Waals surface area contributed by atoms with Crippen molar-refractivity contribution in [3.63, 3.8) is 0 Å². The number of rotatable bonds is 2. The highest BCUT2D eigenvalue weighted by molar-refractivity contribution is 5.96. The summed E-state index contributed by atoms with van der Waals surface area (Å²) in [6, 6.07) is 1.61. The number of nitrogens with two attached hydrogens (primary N) is 1. The van der Waals surface area contributed by atoms with E-state index in [0.29, 0.717) is 5.69 Å². The topological polar surface area (TPSA) is 93.3 Å². The Morgan fingerprint density at radius 2 is 2.19 bits per heavy atom. The van der Waals surface area contributed by atoms with E-state index in [1.54, 1.807) is 33.0 Å². The predicted molar refractivity (Wildman–Crippen MR) is 60.4 cm³/mol. The molecule has 1 aromatic rings. The summed E-state index contributed by atoms with van der Waals surface area (Å²) in [5.41, 5.74) is 7.99. The molecule has 3 N–H and O–H groups in total. The van der Waals surface area contributed by atoms with Gasteiger partial charge in [0.05, 0.1) is 0 Å². The quantitative estimate of drug-likeness (QED) is 0.425. The van der Waals surface area contributed by atoms with Crippen LogP contribution in [0.5, 0.6) is 0 Å². The van der Waals surface area contributed by atoms with Gasteiger partial charge in [0.25, 0.3) is 0 Å². The van der Waals surface area contributed by atoms with Gasteiger partial charge >= 0.3 is 0 Å². The van der Waals surface area contributed by atoms with E-state index in [1.165, 1.54) is 6.33 Å². The Morgan fingerprint density at radius 1 is 1.50 bits per heavy atom. The molecule has 0 spiro atoms. The molecule has 0 unspecified atom stereocenters. The van der Waals surface area contributed by atoms with Crippen LogP contribution in [0.4, 0.5) is 0 Å². The van der Waals surface area contributed by atoms with Gasteiger partial charge in [-0.3, -0.25) is 4.79 Å². The summed E-state index contributed by atoms with van der Waals surface area (Å²) in [7, 11) is 0. The molecule has 16 heavy (non-hydrogen) atoms. The molecule has 0 bridgehead atoms. The normalized spacial score (nSPS) is 12.3. The van der Waals surface area contributed by atoms with Gasteiger partial charge in [0.2, 0.25) is 5.91 Å². The third kappa shape index (κ3) is 3.30. The number of hydrazone groups is 1. The van der Waals surface area contributed by atoms with Crippen molar-refractivity contribution >= 4 is 11.7 Å². The van der Waals surface area contributed by atoms with Gasteiger partial charge in [-0.2, -0.15) is 5.10 Å². The molecule has 1 amide bonds. The second-order valence-electron chi connectivity index (χ2n) is 4.28. The summed E-state index contributed by atoms with van der Waals surface area (Å²) in [4.78, 5) is 19.1. The van der Waals surface area contributed by atoms with Crippen molar-refractivity contribution in [1.29, 1.82) is 0 Å². The van der Waals surface area contributed by atoms with Gasteiger partial charge in [0, 0.05) is 11.6 Å². The third-order valence-corrected chi connectivity index (χ3v) is 1.80. The van der Waals surface area contributed by atoms with Crippen LogP contribution >= 0.6 is 0 Å². The van der Waals surface area contributed by atoms with E-state index in [1.807, 2.05) is 0 Å². The monoisotopic (exact) mass is 221 g/mol. The number of hydrogen-bond acceptors (Lipinski definition) is 4. The van der Waals surface area contributed by atoms with Crippen LogP contribution in [0.15, 0.2) is 23.7 Å². The average molecular weight is 221 g/mol.